The fourth-order valence-corrected chi connectivity index (χ4v) is 1.78. The number of carbonyl (C=O) groups excluding carboxylic acids is 1. The molecule has 0 saturated heterocycles. The number of nitrogens with two attached hydrogens (primary N) is 2. The van der Waals surface area contributed by atoms with Gasteiger partial charge in [-0.3, -0.25) is 14.4 Å². The molecule has 0 aromatic carbocycles. The molecule has 0 amide bonds. The van der Waals surface area contributed by atoms with Gasteiger partial charge in [-0.1, -0.05) is 0 Å². The Labute approximate surface area is 145 Å². The monoisotopic (exact) mass is 372 g/mol. The van der Waals surface area contributed by atoms with Crippen molar-refractivity contribution in [3.63, 3.8) is 0 Å². The number of carboxylic acids is 2. The van der Waals surface area contributed by atoms with Crippen molar-refractivity contribution in [3.05, 3.63) is 0 Å². The molecule has 0 rings (SSSR count). The minimum absolute atomic E-state index is 0.431. The molecule has 0 fully saturated rings. The third kappa shape index (κ3) is 26.3. The zero-order chi connectivity index (χ0) is 18.7. The van der Waals surface area contributed by atoms with E-state index in [1.807, 2.05) is 12.5 Å². The van der Waals surface area contributed by atoms with Gasteiger partial charge in [-0.05, 0) is 43.8 Å². The van der Waals surface area contributed by atoms with Gasteiger partial charge in [0.25, 0.3) is 6.47 Å². The van der Waals surface area contributed by atoms with E-state index in [0.29, 0.717) is 25.9 Å². The van der Waals surface area contributed by atoms with E-state index < -0.39 is 24.0 Å². The summed E-state index contributed by atoms with van der Waals surface area (Å²) in [5.74, 6) is -0.200. The van der Waals surface area contributed by atoms with Gasteiger partial charge in [0.1, 0.15) is 12.1 Å². The van der Waals surface area contributed by atoms with Crippen molar-refractivity contribution < 1.29 is 29.3 Å². The van der Waals surface area contributed by atoms with Crippen molar-refractivity contribution in [2.75, 3.05) is 30.6 Å². The lowest BCUT2D eigenvalue weighted by Gasteiger charge is -2.02. The summed E-state index contributed by atoms with van der Waals surface area (Å²) >= 11 is 3.21. The van der Waals surface area contributed by atoms with Crippen LogP contribution in [-0.2, 0) is 19.1 Å². The topological polar surface area (TPSA) is 153 Å². The second-order valence-corrected chi connectivity index (χ2v) is 5.98. The molecule has 0 spiro atoms. The number of carboxylic acid groups (broad SMARTS) is 2. The van der Waals surface area contributed by atoms with Crippen molar-refractivity contribution in [2.24, 2.45) is 11.5 Å². The molecule has 0 aliphatic heterocycles. The average Bonchev–Trinajstić information content (AvgIpc) is 2.51. The first-order valence-electron chi connectivity index (χ1n) is 6.78. The van der Waals surface area contributed by atoms with Gasteiger partial charge in [0, 0.05) is 0 Å². The first-order valence-corrected chi connectivity index (χ1v) is 9.56. The van der Waals surface area contributed by atoms with Crippen LogP contribution in [0.4, 0.5) is 0 Å². The first-order chi connectivity index (χ1) is 10.8. The van der Waals surface area contributed by atoms with Gasteiger partial charge in [0.05, 0.1) is 6.61 Å². The summed E-state index contributed by atoms with van der Waals surface area (Å²) in [6.45, 7) is 2.66. The fraction of sp³-hybridized carbons (Fsp3) is 0.769. The second kappa shape index (κ2) is 21.0. The molecular formula is C13H28N2O6S2. The molecular weight excluding hydrogens is 344 g/mol. The molecule has 10 heteroatoms. The van der Waals surface area contributed by atoms with E-state index in [9.17, 15) is 14.4 Å². The first kappa shape index (κ1) is 26.9. The van der Waals surface area contributed by atoms with Crippen molar-refractivity contribution in [1.82, 2.24) is 0 Å². The van der Waals surface area contributed by atoms with Crippen LogP contribution in [0.3, 0.4) is 0 Å². The van der Waals surface area contributed by atoms with E-state index in [2.05, 4.69) is 4.74 Å². The van der Waals surface area contributed by atoms with Crippen LogP contribution in [0.2, 0.25) is 0 Å². The van der Waals surface area contributed by atoms with Crippen LogP contribution in [0.25, 0.3) is 0 Å². The van der Waals surface area contributed by atoms with Gasteiger partial charge >= 0.3 is 11.9 Å². The zero-order valence-electron chi connectivity index (χ0n) is 13.8. The lowest BCUT2D eigenvalue weighted by atomic mass is 10.2. The van der Waals surface area contributed by atoms with Gasteiger partial charge in [-0.25, -0.2) is 0 Å². The number of rotatable bonds is 10. The van der Waals surface area contributed by atoms with Gasteiger partial charge in [0.15, 0.2) is 0 Å². The summed E-state index contributed by atoms with van der Waals surface area (Å²) < 4.78 is 4.15. The summed E-state index contributed by atoms with van der Waals surface area (Å²) in [5.41, 5.74) is 10.4. The molecule has 0 aromatic rings. The van der Waals surface area contributed by atoms with Crippen LogP contribution in [0.5, 0.6) is 0 Å². The van der Waals surface area contributed by atoms with Crippen molar-refractivity contribution >= 4 is 41.9 Å². The zero-order valence-corrected chi connectivity index (χ0v) is 15.4. The number of hydrogen-bond acceptors (Lipinski definition) is 8. The number of aliphatic carboxylic acids is 2. The molecule has 0 radical (unpaired) electrons. The summed E-state index contributed by atoms with van der Waals surface area (Å²) in [4.78, 5) is 29.3. The van der Waals surface area contributed by atoms with Crippen LogP contribution < -0.4 is 11.5 Å². The highest BCUT2D eigenvalue weighted by Crippen LogP contribution is 1.98. The summed E-state index contributed by atoms with van der Waals surface area (Å²) in [7, 11) is 0. The van der Waals surface area contributed by atoms with Crippen LogP contribution in [-0.4, -0.2) is 71.3 Å². The Balaban J connectivity index is -0.000000273. The fourth-order valence-electron chi connectivity index (χ4n) is 0.805. The molecule has 2 unspecified atom stereocenters. The Morgan fingerprint density at radius 2 is 1.39 bits per heavy atom. The van der Waals surface area contributed by atoms with Crippen molar-refractivity contribution in [3.8, 4) is 0 Å². The van der Waals surface area contributed by atoms with E-state index in [1.54, 1.807) is 30.4 Å². The Hall–Kier alpha value is -0.970. The van der Waals surface area contributed by atoms with Gasteiger partial charge in [0.2, 0.25) is 0 Å². The van der Waals surface area contributed by atoms with E-state index in [4.69, 9.17) is 21.7 Å². The summed E-state index contributed by atoms with van der Waals surface area (Å²) in [6, 6.07) is -1.37. The third-order valence-electron chi connectivity index (χ3n) is 2.14. The van der Waals surface area contributed by atoms with E-state index >= 15 is 0 Å². The largest absolute Gasteiger partial charge is 0.480 e. The molecule has 0 aliphatic carbocycles. The second-order valence-electron chi connectivity index (χ2n) is 4.00. The van der Waals surface area contributed by atoms with Crippen LogP contribution in [0, 0.1) is 0 Å². The third-order valence-corrected chi connectivity index (χ3v) is 3.42. The predicted molar refractivity (Wildman–Crippen MR) is 94.9 cm³/mol. The number of ether oxygens (including phenoxy) is 1. The van der Waals surface area contributed by atoms with E-state index in [0.717, 1.165) is 11.5 Å². The Bertz CT molecular complexity index is 284. The molecule has 0 bridgehead atoms. The van der Waals surface area contributed by atoms with Crippen LogP contribution in [0.1, 0.15) is 19.8 Å². The average molecular weight is 373 g/mol. The molecule has 0 heterocycles. The normalized spacial score (nSPS) is 11.7. The SMILES string of the molecule is CCOC=O.CSCCC(N)C(=O)O.CSCCC(N)C(=O)O. The molecule has 6 N–H and O–H groups in total. The smallest absolute Gasteiger partial charge is 0.320 e. The minimum atomic E-state index is -0.913. The molecule has 0 aromatic heterocycles. The van der Waals surface area contributed by atoms with E-state index in [1.165, 1.54) is 0 Å². The van der Waals surface area contributed by atoms with Gasteiger partial charge in [-0.15, -0.1) is 0 Å². The molecule has 8 nitrogen and oxygen atoms in total. The summed E-state index contributed by atoms with van der Waals surface area (Å²) in [6.07, 6.45) is 4.95. The molecule has 0 aliphatic rings. The van der Waals surface area contributed by atoms with E-state index in [-0.39, 0.29) is 0 Å². The Kier molecular flexibility index (Phi) is 24.6. The lowest BCUT2D eigenvalue weighted by Crippen LogP contribution is -2.30. The molecule has 2 atom stereocenters. The van der Waals surface area contributed by atoms with Crippen LogP contribution in [0.15, 0.2) is 0 Å². The van der Waals surface area contributed by atoms with Gasteiger partial charge < -0.3 is 26.4 Å². The number of hydrogen-bond donors (Lipinski definition) is 4. The highest BCUT2D eigenvalue weighted by Gasteiger charge is 2.09. The molecule has 138 valence electrons. The summed E-state index contributed by atoms with van der Waals surface area (Å²) in [5, 5.41) is 16.5. The molecule has 0 saturated carbocycles. The highest BCUT2D eigenvalue weighted by atomic mass is 32.2. The Morgan fingerprint density at radius 3 is 1.52 bits per heavy atom. The number of carbonyl (C=O) groups is 3. The highest BCUT2D eigenvalue weighted by molar-refractivity contribution is 7.98. The lowest BCUT2D eigenvalue weighted by molar-refractivity contribution is -0.139. The van der Waals surface area contributed by atoms with Crippen LogP contribution >= 0.6 is 23.5 Å². The predicted octanol–water partition coefficient (Wildman–Crippen LogP) is 0.482. The maximum absolute atomic E-state index is 10.1. The quantitative estimate of drug-likeness (QED) is 0.398. The standard InChI is InChI=1S/2C5H11NO2S.C3H6O2/c2*1-9-3-2-4(6)5(7)8;1-2-5-3-4/h2*4H,2-3,6H2,1H3,(H,7,8);3H,2H2,1H3. The van der Waals surface area contributed by atoms with Gasteiger partial charge in [-0.2, -0.15) is 23.5 Å². The maximum atomic E-state index is 10.1. The van der Waals surface area contributed by atoms with Crippen molar-refractivity contribution in [2.45, 2.75) is 31.8 Å². The maximum Gasteiger partial charge on any atom is 0.320 e. The van der Waals surface area contributed by atoms with Crippen molar-refractivity contribution in [1.29, 1.82) is 0 Å². The number of thioether (sulfide) groups is 2. The minimum Gasteiger partial charge on any atom is -0.480 e. The molecule has 23 heavy (non-hydrogen) atoms. The Morgan fingerprint density at radius 1 is 1.04 bits per heavy atom.